The van der Waals surface area contributed by atoms with Crippen LogP contribution in [-0.4, -0.2) is 31.4 Å². The highest BCUT2D eigenvalue weighted by Crippen LogP contribution is 2.19. The van der Waals surface area contributed by atoms with E-state index >= 15 is 0 Å². The molecule has 0 aliphatic rings. The van der Waals surface area contributed by atoms with Crippen molar-refractivity contribution in [2.45, 2.75) is 27.2 Å². The maximum Gasteiger partial charge on any atom is 0.279 e. The van der Waals surface area contributed by atoms with Crippen LogP contribution in [0.1, 0.15) is 25.0 Å². The lowest BCUT2D eigenvalue weighted by Gasteiger charge is -2.18. The van der Waals surface area contributed by atoms with Gasteiger partial charge < -0.3 is 15.5 Å². The van der Waals surface area contributed by atoms with Crippen molar-refractivity contribution in [3.8, 4) is 0 Å². The smallest absolute Gasteiger partial charge is 0.279 e. The zero-order chi connectivity index (χ0) is 19.8. The van der Waals surface area contributed by atoms with Crippen molar-refractivity contribution in [3.05, 3.63) is 58.6 Å². The van der Waals surface area contributed by atoms with Crippen LogP contribution in [0, 0.1) is 6.92 Å². The molecule has 6 heteroatoms. The number of benzene rings is 2. The summed E-state index contributed by atoms with van der Waals surface area (Å²) >= 11 is 5.99. The molecule has 0 saturated heterocycles. The van der Waals surface area contributed by atoms with Gasteiger partial charge in [-0.1, -0.05) is 42.8 Å². The Labute approximate surface area is 165 Å². The number of para-hydroxylation sites is 1. The van der Waals surface area contributed by atoms with Gasteiger partial charge >= 0.3 is 0 Å². The lowest BCUT2D eigenvalue weighted by atomic mass is 10.1. The number of anilines is 2. The highest BCUT2D eigenvalue weighted by atomic mass is 35.5. The first-order chi connectivity index (χ1) is 12.9. The van der Waals surface area contributed by atoms with Crippen molar-refractivity contribution >= 4 is 34.8 Å². The number of nitrogens with one attached hydrogen (secondary N) is 3. The second-order valence-corrected chi connectivity index (χ2v) is 6.96. The molecule has 2 aromatic carbocycles. The third kappa shape index (κ3) is 6.38. The number of hydrogen-bond donors (Lipinski definition) is 3. The maximum absolute atomic E-state index is 12.4. The van der Waals surface area contributed by atoms with E-state index in [0.29, 0.717) is 17.3 Å². The second kappa shape index (κ2) is 10.1. The van der Waals surface area contributed by atoms with E-state index in [1.54, 1.807) is 12.1 Å². The van der Waals surface area contributed by atoms with Crippen molar-refractivity contribution in [1.29, 1.82) is 0 Å². The highest BCUT2D eigenvalue weighted by molar-refractivity contribution is 6.31. The number of carbonyl (C=O) groups is 2. The van der Waals surface area contributed by atoms with E-state index in [1.807, 2.05) is 44.2 Å². The van der Waals surface area contributed by atoms with Crippen LogP contribution in [0.2, 0.25) is 5.02 Å². The SMILES string of the molecule is CCc1ccccc1NC(=O)C[NH+](CC)CC(=O)Nc1cc(Cl)ccc1C. The lowest BCUT2D eigenvalue weighted by Crippen LogP contribution is -3.13. The average molecular weight is 389 g/mol. The van der Waals surface area contributed by atoms with E-state index < -0.39 is 0 Å². The summed E-state index contributed by atoms with van der Waals surface area (Å²) in [7, 11) is 0. The van der Waals surface area contributed by atoms with Crippen LogP contribution >= 0.6 is 11.6 Å². The first kappa shape index (κ1) is 20.9. The molecular formula is C21H27ClN3O2+. The number of likely N-dealkylation sites (N-methyl/N-ethyl adjacent to an activating group) is 1. The summed E-state index contributed by atoms with van der Waals surface area (Å²) < 4.78 is 0. The third-order valence-corrected chi connectivity index (χ3v) is 4.70. The molecule has 0 saturated carbocycles. The van der Waals surface area contributed by atoms with Gasteiger partial charge in [-0.15, -0.1) is 0 Å². The minimum absolute atomic E-state index is 0.0977. The van der Waals surface area contributed by atoms with Crippen LogP contribution in [0.15, 0.2) is 42.5 Å². The topological polar surface area (TPSA) is 62.6 Å². The van der Waals surface area contributed by atoms with Crippen LogP contribution in [-0.2, 0) is 16.0 Å². The normalized spacial score (nSPS) is 11.7. The standard InChI is InChI=1S/C21H26ClN3O2/c1-4-16-8-6-7-9-18(16)23-20(26)13-25(5-2)14-21(27)24-19-12-17(22)11-10-15(19)3/h6-12H,4-5,13-14H2,1-3H3,(H,23,26)(H,24,27)/p+1. The van der Waals surface area contributed by atoms with Gasteiger partial charge in [0, 0.05) is 16.4 Å². The molecule has 2 amide bonds. The Kier molecular flexibility index (Phi) is 7.82. The van der Waals surface area contributed by atoms with Gasteiger partial charge in [0.2, 0.25) is 0 Å². The summed E-state index contributed by atoms with van der Waals surface area (Å²) in [5, 5.41) is 6.41. The molecule has 1 unspecified atom stereocenters. The van der Waals surface area contributed by atoms with Gasteiger partial charge in [-0.05, 0) is 49.6 Å². The first-order valence-electron chi connectivity index (χ1n) is 9.20. The van der Waals surface area contributed by atoms with Gasteiger partial charge in [0.05, 0.1) is 6.54 Å². The monoisotopic (exact) mass is 388 g/mol. The van der Waals surface area contributed by atoms with Crippen LogP contribution < -0.4 is 15.5 Å². The predicted molar refractivity (Wildman–Crippen MR) is 111 cm³/mol. The van der Waals surface area contributed by atoms with Crippen LogP contribution in [0.25, 0.3) is 0 Å². The summed E-state index contributed by atoms with van der Waals surface area (Å²) in [6.45, 7) is 7.04. The molecule has 2 aromatic rings. The molecule has 5 nitrogen and oxygen atoms in total. The van der Waals surface area contributed by atoms with Gasteiger partial charge in [0.1, 0.15) is 0 Å². The van der Waals surface area contributed by atoms with Gasteiger partial charge in [0.25, 0.3) is 11.8 Å². The number of halogens is 1. The van der Waals surface area contributed by atoms with Crippen molar-refractivity contribution < 1.29 is 14.5 Å². The largest absolute Gasteiger partial charge is 0.321 e. The summed E-state index contributed by atoms with van der Waals surface area (Å²) in [6.07, 6.45) is 0.849. The van der Waals surface area contributed by atoms with E-state index in [9.17, 15) is 9.59 Å². The Morgan fingerprint density at radius 2 is 1.59 bits per heavy atom. The molecule has 144 valence electrons. The summed E-state index contributed by atoms with van der Waals surface area (Å²) in [5.74, 6) is -0.238. The third-order valence-electron chi connectivity index (χ3n) is 4.47. The fourth-order valence-corrected chi connectivity index (χ4v) is 3.01. The number of carbonyl (C=O) groups excluding carboxylic acids is 2. The van der Waals surface area contributed by atoms with Crippen molar-refractivity contribution in [3.63, 3.8) is 0 Å². The van der Waals surface area contributed by atoms with E-state index in [0.717, 1.165) is 28.1 Å². The van der Waals surface area contributed by atoms with Gasteiger partial charge in [-0.2, -0.15) is 0 Å². The second-order valence-electron chi connectivity index (χ2n) is 6.52. The van der Waals surface area contributed by atoms with E-state index in [4.69, 9.17) is 11.6 Å². The maximum atomic E-state index is 12.4. The van der Waals surface area contributed by atoms with Crippen molar-refractivity contribution in [2.24, 2.45) is 0 Å². The lowest BCUT2D eigenvalue weighted by molar-refractivity contribution is -0.881. The molecule has 0 fully saturated rings. The summed E-state index contributed by atoms with van der Waals surface area (Å²) in [4.78, 5) is 25.7. The molecule has 1 atom stereocenters. The Bertz CT molecular complexity index is 808. The fraction of sp³-hybridized carbons (Fsp3) is 0.333. The molecule has 0 heterocycles. The molecule has 3 N–H and O–H groups in total. The zero-order valence-corrected chi connectivity index (χ0v) is 16.8. The van der Waals surface area contributed by atoms with Gasteiger partial charge in [-0.25, -0.2) is 0 Å². The number of hydrogen-bond acceptors (Lipinski definition) is 2. The van der Waals surface area contributed by atoms with Crippen molar-refractivity contribution in [2.75, 3.05) is 30.3 Å². The highest BCUT2D eigenvalue weighted by Gasteiger charge is 2.18. The van der Waals surface area contributed by atoms with E-state index in [1.165, 1.54) is 0 Å². The molecule has 0 radical (unpaired) electrons. The van der Waals surface area contributed by atoms with Gasteiger partial charge in [-0.3, -0.25) is 9.59 Å². The molecule has 0 aromatic heterocycles. The molecule has 0 spiro atoms. The van der Waals surface area contributed by atoms with Crippen LogP contribution in [0.3, 0.4) is 0 Å². The summed E-state index contributed by atoms with van der Waals surface area (Å²) in [5.41, 5.74) is 3.57. The Morgan fingerprint density at radius 1 is 0.963 bits per heavy atom. The van der Waals surface area contributed by atoms with Crippen molar-refractivity contribution in [1.82, 2.24) is 0 Å². The average Bonchev–Trinajstić information content (AvgIpc) is 2.64. The zero-order valence-electron chi connectivity index (χ0n) is 16.1. The number of amides is 2. The fourth-order valence-electron chi connectivity index (χ4n) is 2.83. The molecule has 27 heavy (non-hydrogen) atoms. The Balaban J connectivity index is 1.93. The van der Waals surface area contributed by atoms with E-state index in [2.05, 4.69) is 17.6 Å². The molecule has 2 rings (SSSR count). The molecule has 0 bridgehead atoms. The quantitative estimate of drug-likeness (QED) is 0.651. The summed E-state index contributed by atoms with van der Waals surface area (Å²) in [6, 6.07) is 13.1. The van der Waals surface area contributed by atoms with Gasteiger partial charge in [0.15, 0.2) is 13.1 Å². The Morgan fingerprint density at radius 3 is 2.22 bits per heavy atom. The molecule has 0 aliphatic carbocycles. The van der Waals surface area contributed by atoms with Crippen LogP contribution in [0.5, 0.6) is 0 Å². The number of rotatable bonds is 8. The number of aryl methyl sites for hydroxylation is 2. The van der Waals surface area contributed by atoms with Crippen LogP contribution in [0.4, 0.5) is 11.4 Å². The molecule has 0 aliphatic heterocycles. The molecular weight excluding hydrogens is 362 g/mol. The Hall–Kier alpha value is -2.37. The first-order valence-corrected chi connectivity index (χ1v) is 9.58. The predicted octanol–water partition coefficient (Wildman–Crippen LogP) is 2.69. The number of quaternary nitrogens is 1. The van der Waals surface area contributed by atoms with E-state index in [-0.39, 0.29) is 24.9 Å². The minimum atomic E-state index is -0.140. The minimum Gasteiger partial charge on any atom is -0.321 e.